The number of benzene rings is 1. The van der Waals surface area contributed by atoms with Crippen molar-refractivity contribution >= 4 is 5.65 Å². The summed E-state index contributed by atoms with van der Waals surface area (Å²) in [5.41, 5.74) is 4.72. The van der Waals surface area contributed by atoms with Crippen LogP contribution in [0.15, 0.2) is 42.9 Å². The highest BCUT2D eigenvalue weighted by molar-refractivity contribution is 5.78. The van der Waals surface area contributed by atoms with Gasteiger partial charge in [0.05, 0.1) is 19.9 Å². The van der Waals surface area contributed by atoms with Crippen LogP contribution in [0.25, 0.3) is 16.8 Å². The third-order valence-electron chi connectivity index (χ3n) is 4.90. The molecular weight excluding hydrogens is 373 g/mol. The molecule has 0 saturated heterocycles. The maximum Gasteiger partial charge on any atom is 0.316 e. The molecule has 0 fully saturated rings. The Morgan fingerprint density at radius 2 is 1.90 bits per heavy atom. The number of aromatic nitrogens is 5. The van der Waals surface area contributed by atoms with Crippen molar-refractivity contribution in [3.05, 3.63) is 65.6 Å². The van der Waals surface area contributed by atoms with Crippen LogP contribution in [0, 0.1) is 12.7 Å². The molecule has 0 saturated carbocycles. The van der Waals surface area contributed by atoms with Crippen LogP contribution in [-0.2, 0) is 12.8 Å². The number of methoxy groups -OCH3 is 2. The highest BCUT2D eigenvalue weighted by atomic mass is 19.1. The predicted octanol–water partition coefficient (Wildman–Crippen LogP) is 3.44. The second-order valence-corrected chi connectivity index (χ2v) is 6.54. The lowest BCUT2D eigenvalue weighted by molar-refractivity contribution is 0.379. The molecule has 0 bridgehead atoms. The summed E-state index contributed by atoms with van der Waals surface area (Å²) in [5, 5.41) is 8.34. The number of fused-ring (bicyclic) bond motifs is 1. The molecule has 7 nitrogen and oxygen atoms in total. The average molecular weight is 393 g/mol. The van der Waals surface area contributed by atoms with E-state index in [0.29, 0.717) is 35.8 Å². The quantitative estimate of drug-likeness (QED) is 0.500. The first-order valence-electron chi connectivity index (χ1n) is 9.13. The van der Waals surface area contributed by atoms with Crippen molar-refractivity contribution < 1.29 is 13.9 Å². The van der Waals surface area contributed by atoms with Crippen molar-refractivity contribution in [2.24, 2.45) is 0 Å². The molecule has 0 amide bonds. The zero-order valence-corrected chi connectivity index (χ0v) is 16.4. The maximum atomic E-state index is 14.2. The van der Waals surface area contributed by atoms with Crippen LogP contribution in [0.2, 0.25) is 0 Å². The van der Waals surface area contributed by atoms with Gasteiger partial charge in [-0.1, -0.05) is 6.07 Å². The fourth-order valence-corrected chi connectivity index (χ4v) is 3.41. The molecule has 4 aromatic rings. The predicted molar refractivity (Wildman–Crippen MR) is 106 cm³/mol. The first kappa shape index (κ1) is 18.8. The highest BCUT2D eigenvalue weighted by Crippen LogP contribution is 2.28. The summed E-state index contributed by atoms with van der Waals surface area (Å²) in [6.45, 7) is 1.89. The van der Waals surface area contributed by atoms with Crippen molar-refractivity contribution in [3.8, 4) is 22.9 Å². The normalized spacial score (nSPS) is 11.0. The summed E-state index contributed by atoms with van der Waals surface area (Å²) in [5.74, 6) is 0.277. The second kappa shape index (κ2) is 7.83. The van der Waals surface area contributed by atoms with Gasteiger partial charge >= 0.3 is 6.01 Å². The minimum Gasteiger partial charge on any atom is -0.496 e. The summed E-state index contributed by atoms with van der Waals surface area (Å²) in [6, 6.07) is 9.13. The fourth-order valence-electron chi connectivity index (χ4n) is 3.41. The molecule has 0 aliphatic rings. The first-order valence-corrected chi connectivity index (χ1v) is 9.13. The Morgan fingerprint density at radius 1 is 1.03 bits per heavy atom. The largest absolute Gasteiger partial charge is 0.496 e. The van der Waals surface area contributed by atoms with Gasteiger partial charge in [-0.3, -0.25) is 4.40 Å². The van der Waals surface area contributed by atoms with Crippen molar-refractivity contribution in [1.82, 2.24) is 24.6 Å². The Morgan fingerprint density at radius 3 is 2.66 bits per heavy atom. The van der Waals surface area contributed by atoms with E-state index in [2.05, 4.69) is 20.2 Å². The van der Waals surface area contributed by atoms with E-state index < -0.39 is 0 Å². The maximum absolute atomic E-state index is 14.2. The topological polar surface area (TPSA) is 74.4 Å². The van der Waals surface area contributed by atoms with Gasteiger partial charge in [-0.05, 0) is 44.0 Å². The Kier molecular flexibility index (Phi) is 5.07. The number of hydrogen-bond donors (Lipinski definition) is 0. The van der Waals surface area contributed by atoms with Crippen LogP contribution >= 0.6 is 0 Å². The van der Waals surface area contributed by atoms with Gasteiger partial charge in [0, 0.05) is 28.6 Å². The van der Waals surface area contributed by atoms with E-state index in [1.54, 1.807) is 31.8 Å². The molecule has 0 spiro atoms. The zero-order chi connectivity index (χ0) is 20.4. The van der Waals surface area contributed by atoms with Crippen molar-refractivity contribution in [3.63, 3.8) is 0 Å². The standard InChI is InChI=1S/C21H20FN5O2/c1-13-17(11-23-21(25-13)29-3)15-9-7-14(27-12-24-26-20(15)27)8-10-16-18(22)5-4-6-19(16)28-2/h4-7,9,11-12H,8,10H2,1-3H3. The third kappa shape index (κ3) is 3.49. The summed E-state index contributed by atoms with van der Waals surface area (Å²) in [6.07, 6.45) is 4.47. The molecule has 3 aromatic heterocycles. The molecule has 0 aliphatic carbocycles. The van der Waals surface area contributed by atoms with Crippen molar-refractivity contribution in [2.45, 2.75) is 19.8 Å². The van der Waals surface area contributed by atoms with Gasteiger partial charge in [0.2, 0.25) is 0 Å². The molecular formula is C21H20FN5O2. The van der Waals surface area contributed by atoms with Gasteiger partial charge in [0.15, 0.2) is 5.65 Å². The van der Waals surface area contributed by atoms with E-state index in [0.717, 1.165) is 22.5 Å². The third-order valence-corrected chi connectivity index (χ3v) is 4.90. The average Bonchev–Trinajstić information content (AvgIpc) is 3.23. The van der Waals surface area contributed by atoms with E-state index in [4.69, 9.17) is 9.47 Å². The first-order chi connectivity index (χ1) is 14.1. The van der Waals surface area contributed by atoms with E-state index in [1.165, 1.54) is 13.2 Å². The fraction of sp³-hybridized carbons (Fsp3) is 0.238. The van der Waals surface area contributed by atoms with Gasteiger partial charge in [0.25, 0.3) is 0 Å². The molecule has 1 aromatic carbocycles. The number of hydrogen-bond acceptors (Lipinski definition) is 6. The molecule has 0 aliphatic heterocycles. The van der Waals surface area contributed by atoms with Gasteiger partial charge in [-0.15, -0.1) is 10.2 Å². The molecule has 29 heavy (non-hydrogen) atoms. The van der Waals surface area contributed by atoms with Crippen LogP contribution in [0.3, 0.4) is 0 Å². The van der Waals surface area contributed by atoms with E-state index in [-0.39, 0.29) is 5.82 Å². The number of pyridine rings is 1. The molecule has 8 heteroatoms. The monoisotopic (exact) mass is 393 g/mol. The van der Waals surface area contributed by atoms with Crippen LogP contribution in [0.5, 0.6) is 11.8 Å². The number of aryl methyl sites for hydroxylation is 2. The Labute approximate surface area is 167 Å². The van der Waals surface area contributed by atoms with Gasteiger partial charge < -0.3 is 9.47 Å². The lowest BCUT2D eigenvalue weighted by Crippen LogP contribution is -2.04. The molecule has 4 rings (SSSR count). The van der Waals surface area contributed by atoms with Crippen LogP contribution < -0.4 is 9.47 Å². The summed E-state index contributed by atoms with van der Waals surface area (Å²) in [7, 11) is 3.08. The van der Waals surface area contributed by atoms with Crippen molar-refractivity contribution in [1.29, 1.82) is 0 Å². The van der Waals surface area contributed by atoms with Crippen LogP contribution in [0.4, 0.5) is 4.39 Å². The highest BCUT2D eigenvalue weighted by Gasteiger charge is 2.15. The lowest BCUT2D eigenvalue weighted by atomic mass is 10.0. The lowest BCUT2D eigenvalue weighted by Gasteiger charge is -2.12. The minimum atomic E-state index is -0.271. The zero-order valence-electron chi connectivity index (χ0n) is 16.4. The molecule has 0 N–H and O–H groups in total. The summed E-state index contributed by atoms with van der Waals surface area (Å²) >= 11 is 0. The van der Waals surface area contributed by atoms with Crippen LogP contribution in [-0.4, -0.2) is 38.8 Å². The molecule has 148 valence electrons. The number of ether oxygens (including phenoxy) is 2. The van der Waals surface area contributed by atoms with Crippen molar-refractivity contribution in [2.75, 3.05) is 14.2 Å². The van der Waals surface area contributed by atoms with Crippen LogP contribution in [0.1, 0.15) is 17.0 Å². The Hall–Kier alpha value is -3.55. The molecule has 3 heterocycles. The van der Waals surface area contributed by atoms with Gasteiger partial charge in [0.1, 0.15) is 17.9 Å². The van der Waals surface area contributed by atoms with E-state index >= 15 is 0 Å². The van der Waals surface area contributed by atoms with E-state index in [1.807, 2.05) is 23.5 Å². The molecule has 0 atom stereocenters. The molecule has 0 unspecified atom stereocenters. The molecule has 0 radical (unpaired) electrons. The summed E-state index contributed by atoms with van der Waals surface area (Å²) < 4.78 is 26.5. The number of halogens is 1. The minimum absolute atomic E-state index is 0.271. The smallest absolute Gasteiger partial charge is 0.316 e. The number of nitrogens with zero attached hydrogens (tertiary/aromatic N) is 5. The van der Waals surface area contributed by atoms with E-state index in [9.17, 15) is 4.39 Å². The van der Waals surface area contributed by atoms with Gasteiger partial charge in [-0.2, -0.15) is 4.98 Å². The van der Waals surface area contributed by atoms with Gasteiger partial charge in [-0.25, -0.2) is 9.37 Å². The SMILES string of the molecule is COc1ncc(-c2ccc(CCc3c(F)cccc3OC)n3cnnc23)c(C)n1. The number of rotatable bonds is 6. The second-order valence-electron chi connectivity index (χ2n) is 6.54. The summed E-state index contributed by atoms with van der Waals surface area (Å²) in [4.78, 5) is 8.55. The Bertz CT molecular complexity index is 1180. The Balaban J connectivity index is 1.69.